The Labute approximate surface area is 116 Å². The molecule has 0 saturated heterocycles. The van der Waals surface area contributed by atoms with Gasteiger partial charge in [0.1, 0.15) is 18.1 Å². The molecule has 0 radical (unpaired) electrons. The molecule has 0 bridgehead atoms. The van der Waals surface area contributed by atoms with Crippen molar-refractivity contribution in [3.05, 3.63) is 65.0 Å². The summed E-state index contributed by atoms with van der Waals surface area (Å²) in [6.45, 7) is 0. The van der Waals surface area contributed by atoms with Crippen molar-refractivity contribution in [2.24, 2.45) is 0 Å². The predicted octanol–water partition coefficient (Wildman–Crippen LogP) is 1.34. The van der Waals surface area contributed by atoms with Gasteiger partial charge in [-0.25, -0.2) is 4.98 Å². The summed E-state index contributed by atoms with van der Waals surface area (Å²) in [5, 5.41) is 12.7. The molecule has 1 aromatic heterocycles. The Balaban J connectivity index is 2.45. The summed E-state index contributed by atoms with van der Waals surface area (Å²) < 4.78 is 0. The molecule has 1 amide bonds. The number of hydrogen-bond donors (Lipinski definition) is 2. The zero-order valence-corrected chi connectivity index (χ0v) is 10.9. The molecule has 5 heteroatoms. The highest BCUT2D eigenvalue weighted by Crippen LogP contribution is 2.21. The molecule has 20 heavy (non-hydrogen) atoms. The van der Waals surface area contributed by atoms with Crippen LogP contribution in [-0.4, -0.2) is 29.3 Å². The second-order valence-corrected chi connectivity index (χ2v) is 4.22. The molecule has 0 aliphatic carbocycles. The zero-order chi connectivity index (χ0) is 14.5. The summed E-state index contributed by atoms with van der Waals surface area (Å²) in [7, 11) is 1.48. The molecule has 5 nitrogen and oxygen atoms in total. The number of benzene rings is 1. The van der Waals surface area contributed by atoms with Crippen molar-refractivity contribution in [2.45, 2.75) is 6.10 Å². The third-order valence-corrected chi connectivity index (χ3v) is 2.86. The summed E-state index contributed by atoms with van der Waals surface area (Å²) in [6.07, 6.45) is -0.366. The molecule has 0 aliphatic heterocycles. The van der Waals surface area contributed by atoms with Gasteiger partial charge in [0.15, 0.2) is 0 Å². The molecule has 0 spiro atoms. The number of aliphatic hydroxyl groups is 1. The maximum atomic E-state index is 11.6. The third kappa shape index (κ3) is 2.89. The summed E-state index contributed by atoms with van der Waals surface area (Å²) in [5.41, 5.74) is 1.30. The number of aliphatic hydroxyl groups excluding tert-OH is 1. The Bertz CT molecular complexity index is 626. The third-order valence-electron chi connectivity index (χ3n) is 2.86. The smallest absolute Gasteiger partial charge is 0.269 e. The van der Waals surface area contributed by atoms with E-state index in [9.17, 15) is 14.7 Å². The number of aromatic nitrogens is 1. The van der Waals surface area contributed by atoms with Crippen LogP contribution in [0, 0.1) is 0 Å². The zero-order valence-electron chi connectivity index (χ0n) is 10.9. The van der Waals surface area contributed by atoms with Crippen LogP contribution in [0.1, 0.15) is 38.2 Å². The van der Waals surface area contributed by atoms with Crippen LogP contribution in [0.2, 0.25) is 0 Å². The Hall–Kier alpha value is -2.53. The molecule has 1 aromatic carbocycles. The van der Waals surface area contributed by atoms with E-state index in [1.165, 1.54) is 19.2 Å². The number of nitrogens with one attached hydrogen (secondary N) is 1. The van der Waals surface area contributed by atoms with E-state index in [2.05, 4.69) is 10.3 Å². The minimum atomic E-state index is -0.987. The van der Waals surface area contributed by atoms with Crippen LogP contribution in [0.25, 0.3) is 0 Å². The number of aldehydes is 1. The fourth-order valence-corrected chi connectivity index (χ4v) is 1.83. The number of nitrogens with zero attached hydrogens (tertiary/aromatic N) is 1. The summed E-state index contributed by atoms with van der Waals surface area (Å²) >= 11 is 0. The number of carbonyl (C=O) groups excluding carboxylic acids is 2. The van der Waals surface area contributed by atoms with Crippen molar-refractivity contribution in [2.75, 3.05) is 7.05 Å². The topological polar surface area (TPSA) is 79.3 Å². The Morgan fingerprint density at radius 2 is 2.00 bits per heavy atom. The van der Waals surface area contributed by atoms with Gasteiger partial charge >= 0.3 is 0 Å². The van der Waals surface area contributed by atoms with Gasteiger partial charge in [-0.05, 0) is 17.7 Å². The van der Waals surface area contributed by atoms with Gasteiger partial charge < -0.3 is 10.4 Å². The van der Waals surface area contributed by atoms with Crippen molar-refractivity contribution >= 4 is 12.2 Å². The minimum absolute atomic E-state index is 0.0991. The van der Waals surface area contributed by atoms with Crippen LogP contribution in [0.15, 0.2) is 42.5 Å². The molecular formula is C15H14N2O3. The van der Waals surface area contributed by atoms with Crippen LogP contribution in [-0.2, 0) is 0 Å². The van der Waals surface area contributed by atoms with E-state index in [0.717, 1.165) is 0 Å². The van der Waals surface area contributed by atoms with E-state index in [1.54, 1.807) is 24.3 Å². The van der Waals surface area contributed by atoms with Crippen molar-refractivity contribution in [3.63, 3.8) is 0 Å². The number of pyridine rings is 1. The van der Waals surface area contributed by atoms with Crippen molar-refractivity contribution < 1.29 is 14.7 Å². The second kappa shape index (κ2) is 6.08. The molecule has 2 rings (SSSR count). The van der Waals surface area contributed by atoms with Gasteiger partial charge in [-0.1, -0.05) is 30.3 Å². The van der Waals surface area contributed by atoms with Crippen molar-refractivity contribution in [1.82, 2.24) is 10.3 Å². The number of hydrogen-bond acceptors (Lipinski definition) is 4. The first-order chi connectivity index (χ1) is 9.65. The number of carbonyl (C=O) groups is 2. The highest BCUT2D eigenvalue weighted by Gasteiger charge is 2.16. The highest BCUT2D eigenvalue weighted by molar-refractivity contribution is 5.93. The van der Waals surface area contributed by atoms with Gasteiger partial charge in [0.25, 0.3) is 5.91 Å². The Kier molecular flexibility index (Phi) is 4.22. The average molecular weight is 270 g/mol. The van der Waals surface area contributed by atoms with Gasteiger partial charge in [0.2, 0.25) is 0 Å². The monoisotopic (exact) mass is 270 g/mol. The van der Waals surface area contributed by atoms with Crippen LogP contribution < -0.4 is 5.32 Å². The fourth-order valence-electron chi connectivity index (χ4n) is 1.83. The largest absolute Gasteiger partial charge is 0.382 e. The average Bonchev–Trinajstić information content (AvgIpc) is 2.53. The lowest BCUT2D eigenvalue weighted by atomic mass is 10.0. The lowest BCUT2D eigenvalue weighted by molar-refractivity contribution is 0.0957. The first kappa shape index (κ1) is 13.9. The van der Waals surface area contributed by atoms with Crippen LogP contribution in [0.3, 0.4) is 0 Å². The SMILES string of the molecule is CNC(=O)c1cc(C=O)cc(C(O)c2ccccc2)n1. The molecule has 0 aliphatic rings. The summed E-state index contributed by atoms with van der Waals surface area (Å²) in [4.78, 5) is 26.7. The molecular weight excluding hydrogens is 256 g/mol. The van der Waals surface area contributed by atoms with Crippen LogP contribution >= 0.6 is 0 Å². The molecule has 0 saturated carbocycles. The van der Waals surface area contributed by atoms with Crippen LogP contribution in [0.4, 0.5) is 0 Å². The van der Waals surface area contributed by atoms with Gasteiger partial charge in [-0.15, -0.1) is 0 Å². The standard InChI is InChI=1S/C15H14N2O3/c1-16-15(20)13-8-10(9-18)7-12(17-13)14(19)11-5-3-2-4-6-11/h2-9,14,19H,1H3,(H,16,20). The van der Waals surface area contributed by atoms with Gasteiger partial charge in [-0.3, -0.25) is 9.59 Å². The molecule has 0 fully saturated rings. The normalized spacial score (nSPS) is 11.7. The molecule has 1 heterocycles. The first-order valence-corrected chi connectivity index (χ1v) is 6.08. The van der Waals surface area contributed by atoms with E-state index in [1.807, 2.05) is 6.07 Å². The number of rotatable bonds is 4. The lowest BCUT2D eigenvalue weighted by Crippen LogP contribution is -2.20. The summed E-state index contributed by atoms with van der Waals surface area (Å²) in [6, 6.07) is 11.8. The predicted molar refractivity (Wildman–Crippen MR) is 73.5 cm³/mol. The van der Waals surface area contributed by atoms with Gasteiger partial charge in [-0.2, -0.15) is 0 Å². The second-order valence-electron chi connectivity index (χ2n) is 4.22. The van der Waals surface area contributed by atoms with Crippen LogP contribution in [0.5, 0.6) is 0 Å². The minimum Gasteiger partial charge on any atom is -0.382 e. The van der Waals surface area contributed by atoms with Gasteiger partial charge in [0.05, 0.1) is 5.69 Å². The molecule has 1 unspecified atom stereocenters. The Morgan fingerprint density at radius 3 is 2.60 bits per heavy atom. The van der Waals surface area contributed by atoms with E-state index in [4.69, 9.17) is 0 Å². The fraction of sp³-hybridized carbons (Fsp3) is 0.133. The van der Waals surface area contributed by atoms with Crippen molar-refractivity contribution in [3.8, 4) is 0 Å². The number of amides is 1. The Morgan fingerprint density at radius 1 is 1.30 bits per heavy atom. The quantitative estimate of drug-likeness (QED) is 0.822. The van der Waals surface area contributed by atoms with Crippen molar-refractivity contribution in [1.29, 1.82) is 0 Å². The van der Waals surface area contributed by atoms with E-state index in [0.29, 0.717) is 17.4 Å². The van der Waals surface area contributed by atoms with Gasteiger partial charge in [0, 0.05) is 12.6 Å². The highest BCUT2D eigenvalue weighted by atomic mass is 16.3. The summed E-state index contributed by atoms with van der Waals surface area (Å²) in [5.74, 6) is -0.407. The van der Waals surface area contributed by atoms with E-state index < -0.39 is 12.0 Å². The first-order valence-electron chi connectivity index (χ1n) is 6.08. The maximum Gasteiger partial charge on any atom is 0.269 e. The molecule has 2 N–H and O–H groups in total. The molecule has 1 atom stereocenters. The van der Waals surface area contributed by atoms with E-state index >= 15 is 0 Å². The molecule has 102 valence electrons. The van der Waals surface area contributed by atoms with E-state index in [-0.39, 0.29) is 11.4 Å². The lowest BCUT2D eigenvalue weighted by Gasteiger charge is -2.12. The maximum absolute atomic E-state index is 11.6. The molecule has 2 aromatic rings.